The van der Waals surface area contributed by atoms with E-state index in [0.717, 1.165) is 13.1 Å². The summed E-state index contributed by atoms with van der Waals surface area (Å²) in [6.45, 7) is 3.12. The van der Waals surface area contributed by atoms with Crippen molar-refractivity contribution in [3.63, 3.8) is 0 Å². The molecule has 1 unspecified atom stereocenters. The summed E-state index contributed by atoms with van der Waals surface area (Å²) < 4.78 is 0. The van der Waals surface area contributed by atoms with Crippen LogP contribution in [0, 0.1) is 5.41 Å². The molecule has 1 rings (SSSR count). The van der Waals surface area contributed by atoms with Crippen LogP contribution in [0.1, 0.15) is 26.2 Å². The van der Waals surface area contributed by atoms with Gasteiger partial charge in [-0.15, -0.1) is 0 Å². The third-order valence-corrected chi connectivity index (χ3v) is 2.70. The molecule has 1 atom stereocenters. The number of carboxylic acids is 1. The predicted molar refractivity (Wildman–Crippen MR) is 48.5 cm³/mol. The molecule has 1 aliphatic heterocycles. The van der Waals surface area contributed by atoms with Gasteiger partial charge >= 0.3 is 5.97 Å². The number of hydrogen-bond acceptors (Lipinski definition) is 3. The molecule has 0 aromatic carbocycles. The van der Waals surface area contributed by atoms with Crippen LogP contribution in [0.4, 0.5) is 0 Å². The highest BCUT2D eigenvalue weighted by Gasteiger charge is 2.40. The van der Waals surface area contributed by atoms with E-state index < -0.39 is 17.5 Å². The molecule has 4 nitrogen and oxygen atoms in total. The number of hydrogen-bond donors (Lipinski definition) is 3. The van der Waals surface area contributed by atoms with Crippen LogP contribution in [0.5, 0.6) is 0 Å². The van der Waals surface area contributed by atoms with Crippen LogP contribution in [0.2, 0.25) is 0 Å². The van der Waals surface area contributed by atoms with Crippen LogP contribution >= 0.6 is 0 Å². The summed E-state index contributed by atoms with van der Waals surface area (Å²) in [6.07, 6.45) is 1.07. The molecule has 0 radical (unpaired) electrons. The van der Waals surface area contributed by atoms with Crippen molar-refractivity contribution in [2.24, 2.45) is 5.41 Å². The minimum absolute atomic E-state index is 0.365. The largest absolute Gasteiger partial charge is 0.481 e. The average molecular weight is 187 g/mol. The van der Waals surface area contributed by atoms with Crippen LogP contribution in [0.3, 0.4) is 0 Å². The Bertz CT molecular complexity index is 185. The van der Waals surface area contributed by atoms with Crippen molar-refractivity contribution in [1.29, 1.82) is 0 Å². The number of nitrogens with one attached hydrogen (secondary N) is 1. The van der Waals surface area contributed by atoms with E-state index in [1.54, 1.807) is 6.92 Å². The maximum atomic E-state index is 11.1. The lowest BCUT2D eigenvalue weighted by Crippen LogP contribution is -2.43. The minimum atomic E-state index is -0.769. The molecule has 76 valence electrons. The number of aliphatic carboxylic acids is 1. The first kappa shape index (κ1) is 10.5. The monoisotopic (exact) mass is 187 g/mol. The van der Waals surface area contributed by atoms with Gasteiger partial charge in [0.05, 0.1) is 11.5 Å². The summed E-state index contributed by atoms with van der Waals surface area (Å²) in [5.74, 6) is -0.769. The number of piperidine rings is 1. The fraction of sp³-hybridized carbons (Fsp3) is 0.889. The van der Waals surface area contributed by atoms with Crippen LogP contribution < -0.4 is 5.32 Å². The van der Waals surface area contributed by atoms with Gasteiger partial charge < -0.3 is 15.5 Å². The summed E-state index contributed by atoms with van der Waals surface area (Å²) in [4.78, 5) is 11.1. The Labute approximate surface area is 78.0 Å². The molecule has 1 saturated heterocycles. The normalized spacial score (nSPS) is 23.8. The number of rotatable bonds is 3. The zero-order valence-corrected chi connectivity index (χ0v) is 7.92. The maximum absolute atomic E-state index is 11.1. The first-order valence-corrected chi connectivity index (χ1v) is 4.69. The molecule has 0 saturated carbocycles. The van der Waals surface area contributed by atoms with E-state index in [1.165, 1.54) is 0 Å². The highest BCUT2D eigenvalue weighted by Crippen LogP contribution is 2.34. The molecule has 3 N–H and O–H groups in total. The SMILES string of the molecule is CC(O)CC1(C(=O)O)CCNCC1. The van der Waals surface area contributed by atoms with E-state index in [0.29, 0.717) is 19.3 Å². The van der Waals surface area contributed by atoms with Gasteiger partial charge in [-0.1, -0.05) is 0 Å². The maximum Gasteiger partial charge on any atom is 0.309 e. The Hall–Kier alpha value is -0.610. The van der Waals surface area contributed by atoms with Crippen molar-refractivity contribution in [3.8, 4) is 0 Å². The highest BCUT2D eigenvalue weighted by atomic mass is 16.4. The summed E-state index contributed by atoms with van der Waals surface area (Å²) in [7, 11) is 0. The Morgan fingerprint density at radius 1 is 1.54 bits per heavy atom. The lowest BCUT2D eigenvalue weighted by atomic mass is 9.75. The van der Waals surface area contributed by atoms with Crippen molar-refractivity contribution in [2.45, 2.75) is 32.3 Å². The fourth-order valence-electron chi connectivity index (χ4n) is 1.98. The molecule has 1 heterocycles. The number of carboxylic acid groups (broad SMARTS) is 1. The van der Waals surface area contributed by atoms with Crippen LogP contribution in [-0.2, 0) is 4.79 Å². The third-order valence-electron chi connectivity index (χ3n) is 2.70. The molecule has 4 heteroatoms. The van der Waals surface area contributed by atoms with Gasteiger partial charge in [0.15, 0.2) is 0 Å². The van der Waals surface area contributed by atoms with Gasteiger partial charge in [-0.25, -0.2) is 0 Å². The summed E-state index contributed by atoms with van der Waals surface area (Å²) >= 11 is 0. The summed E-state index contributed by atoms with van der Waals surface area (Å²) in [5, 5.41) is 21.5. The van der Waals surface area contributed by atoms with Gasteiger partial charge in [-0.3, -0.25) is 4.79 Å². The molecular formula is C9H17NO3. The van der Waals surface area contributed by atoms with E-state index >= 15 is 0 Å². The van der Waals surface area contributed by atoms with Crippen molar-refractivity contribution < 1.29 is 15.0 Å². The quantitative estimate of drug-likeness (QED) is 0.591. The second-order valence-electron chi connectivity index (χ2n) is 3.89. The van der Waals surface area contributed by atoms with Crippen molar-refractivity contribution in [2.75, 3.05) is 13.1 Å². The van der Waals surface area contributed by atoms with E-state index in [-0.39, 0.29) is 0 Å². The topological polar surface area (TPSA) is 69.6 Å². The van der Waals surface area contributed by atoms with E-state index in [1.807, 2.05) is 0 Å². The standard InChI is InChI=1S/C9H17NO3/c1-7(11)6-9(8(12)13)2-4-10-5-3-9/h7,10-11H,2-6H2,1H3,(H,12,13). The Balaban J connectivity index is 2.67. The first-order valence-electron chi connectivity index (χ1n) is 4.69. The Morgan fingerprint density at radius 2 is 2.08 bits per heavy atom. The van der Waals surface area contributed by atoms with Gasteiger partial charge in [-0.2, -0.15) is 0 Å². The Morgan fingerprint density at radius 3 is 2.46 bits per heavy atom. The molecule has 1 aliphatic rings. The van der Waals surface area contributed by atoms with Crippen LogP contribution in [-0.4, -0.2) is 35.4 Å². The second-order valence-corrected chi connectivity index (χ2v) is 3.89. The first-order chi connectivity index (χ1) is 6.07. The van der Waals surface area contributed by atoms with Gasteiger partial charge in [0.25, 0.3) is 0 Å². The van der Waals surface area contributed by atoms with E-state index in [9.17, 15) is 9.90 Å². The zero-order valence-electron chi connectivity index (χ0n) is 7.92. The van der Waals surface area contributed by atoms with Gasteiger partial charge in [0, 0.05) is 0 Å². The van der Waals surface area contributed by atoms with E-state index in [4.69, 9.17) is 5.11 Å². The fourth-order valence-corrected chi connectivity index (χ4v) is 1.98. The second kappa shape index (κ2) is 4.07. The number of aliphatic hydroxyl groups excluding tert-OH is 1. The zero-order chi connectivity index (χ0) is 9.90. The van der Waals surface area contributed by atoms with Crippen LogP contribution in [0.25, 0.3) is 0 Å². The molecule has 13 heavy (non-hydrogen) atoms. The van der Waals surface area contributed by atoms with Gasteiger partial charge in [0.1, 0.15) is 0 Å². The lowest BCUT2D eigenvalue weighted by molar-refractivity contribution is -0.152. The van der Waals surface area contributed by atoms with Crippen molar-refractivity contribution in [1.82, 2.24) is 5.32 Å². The Kier molecular flexibility index (Phi) is 3.27. The molecule has 1 fully saturated rings. The third kappa shape index (κ3) is 2.42. The molecule has 0 amide bonds. The lowest BCUT2D eigenvalue weighted by Gasteiger charge is -2.34. The predicted octanol–water partition coefficient (Wildman–Crippen LogP) is 0.212. The smallest absolute Gasteiger partial charge is 0.309 e. The molecule has 0 aromatic heterocycles. The highest BCUT2D eigenvalue weighted by molar-refractivity contribution is 5.74. The van der Waals surface area contributed by atoms with E-state index in [2.05, 4.69) is 5.32 Å². The average Bonchev–Trinajstić information content (AvgIpc) is 2.04. The minimum Gasteiger partial charge on any atom is -0.481 e. The van der Waals surface area contributed by atoms with Crippen molar-refractivity contribution >= 4 is 5.97 Å². The summed E-state index contributed by atoms with van der Waals surface area (Å²) in [6, 6.07) is 0. The van der Waals surface area contributed by atoms with Crippen LogP contribution in [0.15, 0.2) is 0 Å². The molecule has 0 bridgehead atoms. The number of aliphatic hydroxyl groups is 1. The molecule has 0 spiro atoms. The molecule has 0 aromatic rings. The number of carbonyl (C=O) groups is 1. The van der Waals surface area contributed by atoms with Gasteiger partial charge in [0.2, 0.25) is 0 Å². The summed E-state index contributed by atoms with van der Waals surface area (Å²) in [5.41, 5.74) is -0.695. The van der Waals surface area contributed by atoms with Gasteiger partial charge in [-0.05, 0) is 39.3 Å². The van der Waals surface area contributed by atoms with Crippen molar-refractivity contribution in [3.05, 3.63) is 0 Å². The molecular weight excluding hydrogens is 170 g/mol. The molecule has 0 aliphatic carbocycles.